The average Bonchev–Trinajstić information content (AvgIpc) is 2.41. The first-order valence-electron chi connectivity index (χ1n) is 6.00. The first kappa shape index (κ1) is 13.1. The summed E-state index contributed by atoms with van der Waals surface area (Å²) in [6.45, 7) is 2.15. The van der Waals surface area contributed by atoms with E-state index < -0.39 is 7.37 Å². The molecule has 2 aromatic rings. The number of hydrogen-bond acceptors (Lipinski definition) is 2. The van der Waals surface area contributed by atoms with Gasteiger partial charge in [-0.1, -0.05) is 48.5 Å². The van der Waals surface area contributed by atoms with Crippen molar-refractivity contribution in [3.8, 4) is 0 Å². The van der Waals surface area contributed by atoms with Crippen LogP contribution in [0.5, 0.6) is 0 Å². The van der Waals surface area contributed by atoms with E-state index in [2.05, 4.69) is 0 Å². The molecule has 0 fully saturated rings. The fraction of sp³-hybridized carbons (Fsp3) is 0.200. The lowest BCUT2D eigenvalue weighted by Crippen LogP contribution is -2.07. The fourth-order valence-corrected chi connectivity index (χ4v) is 3.06. The first-order valence-corrected chi connectivity index (χ1v) is 8.07. The van der Waals surface area contributed by atoms with Gasteiger partial charge >= 0.3 is 0 Å². The molecule has 2 nitrogen and oxygen atoms in total. The SMILES string of the molecule is CP(=O)(OCCc1ccccc1)c1ccccc1. The van der Waals surface area contributed by atoms with Crippen LogP contribution in [0.1, 0.15) is 5.56 Å². The molecule has 0 aliphatic heterocycles. The highest BCUT2D eigenvalue weighted by Gasteiger charge is 2.18. The van der Waals surface area contributed by atoms with Crippen LogP contribution in [-0.4, -0.2) is 13.3 Å². The molecule has 1 atom stereocenters. The minimum Gasteiger partial charge on any atom is -0.325 e. The smallest absolute Gasteiger partial charge is 0.229 e. The topological polar surface area (TPSA) is 26.3 Å². The average molecular weight is 260 g/mol. The van der Waals surface area contributed by atoms with Crippen molar-refractivity contribution in [1.82, 2.24) is 0 Å². The molecule has 0 aliphatic carbocycles. The van der Waals surface area contributed by atoms with Gasteiger partial charge in [0.15, 0.2) is 0 Å². The van der Waals surface area contributed by atoms with Crippen LogP contribution in [-0.2, 0) is 15.5 Å². The van der Waals surface area contributed by atoms with Crippen molar-refractivity contribution in [3.05, 3.63) is 66.2 Å². The Balaban J connectivity index is 1.92. The van der Waals surface area contributed by atoms with E-state index in [4.69, 9.17) is 4.52 Å². The van der Waals surface area contributed by atoms with E-state index in [-0.39, 0.29) is 0 Å². The molecule has 94 valence electrons. The van der Waals surface area contributed by atoms with Gasteiger partial charge in [0, 0.05) is 12.0 Å². The van der Waals surface area contributed by atoms with Crippen LogP contribution in [0.15, 0.2) is 60.7 Å². The summed E-state index contributed by atoms with van der Waals surface area (Å²) in [4.78, 5) is 0. The van der Waals surface area contributed by atoms with E-state index in [1.54, 1.807) is 6.66 Å². The molecule has 0 saturated carbocycles. The monoisotopic (exact) mass is 260 g/mol. The van der Waals surface area contributed by atoms with Crippen LogP contribution in [0.2, 0.25) is 0 Å². The Bertz CT molecular complexity index is 523. The normalized spacial score (nSPS) is 14.1. The summed E-state index contributed by atoms with van der Waals surface area (Å²) in [5.74, 6) is 0. The number of rotatable bonds is 5. The summed E-state index contributed by atoms with van der Waals surface area (Å²) < 4.78 is 18.0. The van der Waals surface area contributed by atoms with Gasteiger partial charge in [0.25, 0.3) is 0 Å². The van der Waals surface area contributed by atoms with Crippen LogP contribution in [0.25, 0.3) is 0 Å². The molecule has 0 amide bonds. The lowest BCUT2D eigenvalue weighted by Gasteiger charge is -2.14. The highest BCUT2D eigenvalue weighted by atomic mass is 31.2. The summed E-state index contributed by atoms with van der Waals surface area (Å²) >= 11 is 0. The number of hydrogen-bond donors (Lipinski definition) is 0. The van der Waals surface area contributed by atoms with Crippen molar-refractivity contribution < 1.29 is 9.09 Å². The Hall–Kier alpha value is -1.37. The second-order valence-electron chi connectivity index (χ2n) is 4.25. The second kappa shape index (κ2) is 5.99. The zero-order chi connectivity index (χ0) is 12.8. The zero-order valence-corrected chi connectivity index (χ0v) is 11.3. The van der Waals surface area contributed by atoms with E-state index in [1.807, 2.05) is 60.7 Å². The van der Waals surface area contributed by atoms with Crippen molar-refractivity contribution in [1.29, 1.82) is 0 Å². The summed E-state index contributed by atoms with van der Waals surface area (Å²) in [6, 6.07) is 19.5. The van der Waals surface area contributed by atoms with Crippen LogP contribution in [0, 0.1) is 0 Å². The van der Waals surface area contributed by atoms with Crippen molar-refractivity contribution in [2.45, 2.75) is 6.42 Å². The molecule has 0 saturated heterocycles. The third kappa shape index (κ3) is 3.56. The molecular weight excluding hydrogens is 243 g/mol. The van der Waals surface area contributed by atoms with Crippen molar-refractivity contribution in [2.75, 3.05) is 13.3 Å². The first-order chi connectivity index (χ1) is 8.68. The molecule has 0 heterocycles. The van der Waals surface area contributed by atoms with Crippen LogP contribution in [0.3, 0.4) is 0 Å². The lowest BCUT2D eigenvalue weighted by molar-refractivity contribution is 0.328. The van der Waals surface area contributed by atoms with Crippen LogP contribution in [0.4, 0.5) is 0 Å². The highest BCUT2D eigenvalue weighted by molar-refractivity contribution is 7.66. The van der Waals surface area contributed by atoms with Crippen molar-refractivity contribution in [2.24, 2.45) is 0 Å². The van der Waals surface area contributed by atoms with Gasteiger partial charge in [0.2, 0.25) is 7.37 Å². The molecule has 2 rings (SSSR count). The summed E-state index contributed by atoms with van der Waals surface area (Å²) in [7, 11) is -2.68. The fourth-order valence-electron chi connectivity index (χ4n) is 1.76. The van der Waals surface area contributed by atoms with Crippen LogP contribution < -0.4 is 5.30 Å². The van der Waals surface area contributed by atoms with Crippen molar-refractivity contribution >= 4 is 12.7 Å². The molecule has 2 aromatic carbocycles. The van der Waals surface area contributed by atoms with Gasteiger partial charge in [0.05, 0.1) is 6.61 Å². The quantitative estimate of drug-likeness (QED) is 0.769. The molecule has 0 aromatic heterocycles. The summed E-state index contributed by atoms with van der Waals surface area (Å²) in [5, 5.41) is 0.776. The lowest BCUT2D eigenvalue weighted by atomic mass is 10.2. The molecule has 1 unspecified atom stereocenters. The van der Waals surface area contributed by atoms with Gasteiger partial charge in [-0.05, 0) is 24.1 Å². The number of benzene rings is 2. The van der Waals surface area contributed by atoms with Crippen molar-refractivity contribution in [3.63, 3.8) is 0 Å². The second-order valence-corrected chi connectivity index (χ2v) is 6.72. The van der Waals surface area contributed by atoms with E-state index in [0.29, 0.717) is 6.61 Å². The third-order valence-electron chi connectivity index (χ3n) is 2.80. The molecule has 0 bridgehead atoms. The minimum atomic E-state index is -2.68. The van der Waals surface area contributed by atoms with Gasteiger partial charge in [-0.3, -0.25) is 4.57 Å². The summed E-state index contributed by atoms with van der Waals surface area (Å²) in [5.41, 5.74) is 1.20. The van der Waals surface area contributed by atoms with E-state index in [9.17, 15) is 4.57 Å². The largest absolute Gasteiger partial charge is 0.325 e. The van der Waals surface area contributed by atoms with Gasteiger partial charge in [-0.25, -0.2) is 0 Å². The molecule has 3 heteroatoms. The van der Waals surface area contributed by atoms with Gasteiger partial charge in [-0.15, -0.1) is 0 Å². The van der Waals surface area contributed by atoms with E-state index in [1.165, 1.54) is 5.56 Å². The molecule has 0 N–H and O–H groups in total. The maximum atomic E-state index is 12.4. The molecule has 18 heavy (non-hydrogen) atoms. The Morgan fingerprint density at radius 2 is 1.50 bits per heavy atom. The van der Waals surface area contributed by atoms with Gasteiger partial charge in [-0.2, -0.15) is 0 Å². The Morgan fingerprint density at radius 1 is 0.944 bits per heavy atom. The predicted octanol–water partition coefficient (Wildman–Crippen LogP) is 3.48. The maximum absolute atomic E-state index is 12.4. The standard InChI is InChI=1S/C15H17O2P/c1-18(16,15-10-6-3-7-11-15)17-13-12-14-8-4-2-5-9-14/h2-11H,12-13H2,1H3. The maximum Gasteiger partial charge on any atom is 0.229 e. The zero-order valence-electron chi connectivity index (χ0n) is 10.5. The van der Waals surface area contributed by atoms with Gasteiger partial charge < -0.3 is 4.52 Å². The molecular formula is C15H17O2P. The van der Waals surface area contributed by atoms with Crippen LogP contribution >= 0.6 is 7.37 Å². The van der Waals surface area contributed by atoms with E-state index >= 15 is 0 Å². The van der Waals surface area contributed by atoms with Gasteiger partial charge in [0.1, 0.15) is 0 Å². The van der Waals surface area contributed by atoms with E-state index in [0.717, 1.165) is 11.7 Å². The highest BCUT2D eigenvalue weighted by Crippen LogP contribution is 2.40. The summed E-state index contributed by atoms with van der Waals surface area (Å²) in [6.07, 6.45) is 0.783. The molecule has 0 spiro atoms. The minimum absolute atomic E-state index is 0.479. The molecule has 0 radical (unpaired) electrons. The molecule has 0 aliphatic rings. The third-order valence-corrected chi connectivity index (χ3v) is 4.71. The Morgan fingerprint density at radius 3 is 2.11 bits per heavy atom. The Kier molecular flexibility index (Phi) is 4.35. The predicted molar refractivity (Wildman–Crippen MR) is 75.7 cm³/mol. The Labute approximate surface area is 108 Å².